The predicted octanol–water partition coefficient (Wildman–Crippen LogP) is 9.66. The Kier molecular flexibility index (Phi) is 6.39. The zero-order chi connectivity index (χ0) is 29.5. The number of para-hydroxylation sites is 2. The van der Waals surface area contributed by atoms with E-state index in [1.807, 2.05) is 12.2 Å². The van der Waals surface area contributed by atoms with Crippen LogP contribution in [0.2, 0.25) is 0 Å². The summed E-state index contributed by atoms with van der Waals surface area (Å²) in [6.07, 6.45) is 13.1. The summed E-state index contributed by atoms with van der Waals surface area (Å²) in [5.41, 5.74) is 9.91. The molecule has 0 unspecified atom stereocenters. The lowest BCUT2D eigenvalue weighted by atomic mass is 9.92. The number of nitriles is 1. The Bertz CT molecular complexity index is 2190. The van der Waals surface area contributed by atoms with Crippen molar-refractivity contribution in [2.24, 2.45) is 14.1 Å². The fourth-order valence-corrected chi connectivity index (χ4v) is 6.27. The Morgan fingerprint density at radius 1 is 0.674 bits per heavy atom. The number of aromatic nitrogens is 2. The van der Waals surface area contributed by atoms with Crippen LogP contribution in [0.1, 0.15) is 17.5 Å². The van der Waals surface area contributed by atoms with Gasteiger partial charge in [-0.1, -0.05) is 85.0 Å². The van der Waals surface area contributed by atoms with E-state index in [1.165, 1.54) is 43.6 Å². The van der Waals surface area contributed by atoms with Gasteiger partial charge in [-0.3, -0.25) is 0 Å². The molecule has 4 heteroatoms. The fourth-order valence-electron chi connectivity index (χ4n) is 6.27. The Morgan fingerprint density at radius 3 is 1.60 bits per heavy atom. The Balaban J connectivity index is 1.21. The predicted molar refractivity (Wildman–Crippen MR) is 179 cm³/mol. The average molecular weight is 553 g/mol. The van der Waals surface area contributed by atoms with Crippen molar-refractivity contribution in [1.82, 2.24) is 9.13 Å². The molecule has 0 spiro atoms. The molecule has 0 saturated heterocycles. The minimum Gasteiger partial charge on any atom is -0.344 e. The van der Waals surface area contributed by atoms with E-state index in [0.717, 1.165) is 22.3 Å². The maximum atomic E-state index is 9.62. The van der Waals surface area contributed by atoms with Crippen LogP contribution in [0.15, 0.2) is 132 Å². The van der Waals surface area contributed by atoms with Crippen LogP contribution in [0, 0.1) is 17.9 Å². The Labute approximate surface area is 250 Å². The lowest BCUT2D eigenvalue weighted by Gasteiger charge is -2.13. The van der Waals surface area contributed by atoms with Gasteiger partial charge < -0.3 is 9.13 Å². The summed E-state index contributed by atoms with van der Waals surface area (Å²) in [6.45, 7) is 7.54. The lowest BCUT2D eigenvalue weighted by molar-refractivity contribution is 1.01. The molecule has 43 heavy (non-hydrogen) atoms. The van der Waals surface area contributed by atoms with Crippen LogP contribution in [0.5, 0.6) is 0 Å². The summed E-state index contributed by atoms with van der Waals surface area (Å²) in [6, 6.07) is 32.1. The van der Waals surface area contributed by atoms with E-state index < -0.39 is 0 Å². The minimum atomic E-state index is 0.103. The summed E-state index contributed by atoms with van der Waals surface area (Å²) in [5.74, 6) is 0. The van der Waals surface area contributed by atoms with Crippen molar-refractivity contribution in [3.63, 3.8) is 0 Å². The molecule has 0 radical (unpaired) electrons. The molecule has 6 aromatic rings. The van der Waals surface area contributed by atoms with Gasteiger partial charge in [-0.25, -0.2) is 10.1 Å². The van der Waals surface area contributed by atoms with Crippen molar-refractivity contribution in [1.29, 1.82) is 5.26 Å². The van der Waals surface area contributed by atoms with Crippen LogP contribution in [0.4, 0.5) is 0 Å². The fraction of sp³-hybridized carbons (Fsp3) is 0.0769. The van der Waals surface area contributed by atoms with Crippen molar-refractivity contribution < 1.29 is 0 Å². The number of benzene rings is 4. The first kappa shape index (κ1) is 26.1. The smallest absolute Gasteiger partial charge is 0.268 e. The van der Waals surface area contributed by atoms with E-state index in [1.54, 1.807) is 0 Å². The first-order valence-electron chi connectivity index (χ1n) is 14.3. The van der Waals surface area contributed by atoms with Crippen LogP contribution in [0.25, 0.3) is 60.6 Å². The van der Waals surface area contributed by atoms with Gasteiger partial charge in [-0.05, 0) is 70.7 Å². The highest BCUT2D eigenvalue weighted by atomic mass is 14.9. The third-order valence-electron chi connectivity index (χ3n) is 8.44. The topological polar surface area (TPSA) is 38.0 Å². The third kappa shape index (κ3) is 4.56. The van der Waals surface area contributed by atoms with Crippen LogP contribution in [-0.4, -0.2) is 9.13 Å². The van der Waals surface area contributed by atoms with Gasteiger partial charge in [0.25, 0.3) is 5.70 Å². The monoisotopic (exact) mass is 552 g/mol. The zero-order valence-electron chi connectivity index (χ0n) is 24.0. The number of aryl methyl sites for hydroxylation is 2. The molecule has 2 heterocycles. The molecule has 1 aliphatic rings. The van der Waals surface area contributed by atoms with Crippen molar-refractivity contribution in [2.45, 2.75) is 6.42 Å². The van der Waals surface area contributed by atoms with E-state index in [-0.39, 0.29) is 5.70 Å². The summed E-state index contributed by atoms with van der Waals surface area (Å²) in [4.78, 5) is 3.49. The minimum absolute atomic E-state index is 0.103. The molecule has 0 amide bonds. The van der Waals surface area contributed by atoms with Crippen molar-refractivity contribution in [3.05, 3.63) is 154 Å². The number of hydrogen-bond acceptors (Lipinski definition) is 1. The SMILES string of the molecule is [C-]#[N+]C(C#N)=C1C=C(/C=C/c2ccc3c(c2)c2ccccc2n3C)CC(/C=C/c2ccc3c(c2)c2ccccc2n3C)=C1. The summed E-state index contributed by atoms with van der Waals surface area (Å²) in [5, 5.41) is 14.6. The van der Waals surface area contributed by atoms with Gasteiger partial charge in [-0.2, -0.15) is 0 Å². The second-order valence-electron chi connectivity index (χ2n) is 11.0. The molecular weight excluding hydrogens is 524 g/mol. The number of fused-ring (bicyclic) bond motifs is 6. The van der Waals surface area contributed by atoms with Crippen LogP contribution in [0.3, 0.4) is 0 Å². The molecule has 4 aromatic carbocycles. The summed E-state index contributed by atoms with van der Waals surface area (Å²) >= 11 is 0. The molecule has 1 aliphatic carbocycles. The van der Waals surface area contributed by atoms with Gasteiger partial charge in [0.05, 0.1) is 12.6 Å². The van der Waals surface area contributed by atoms with Crippen LogP contribution >= 0.6 is 0 Å². The summed E-state index contributed by atoms with van der Waals surface area (Å²) in [7, 11) is 4.21. The maximum absolute atomic E-state index is 9.62. The van der Waals surface area contributed by atoms with E-state index in [0.29, 0.717) is 12.0 Å². The van der Waals surface area contributed by atoms with E-state index >= 15 is 0 Å². The standard InChI is InChI=1S/C39H28N4/c1-41-35(25-40)30-21-28(14-12-26-16-18-38-33(23-26)31-8-4-6-10-36(31)42(38)2)20-29(22-30)15-13-27-17-19-39-34(24-27)32-9-5-7-11-37(32)43(39)3/h4-19,21-24H,20H2,2-3H3/b14-12+,15-13+. The molecule has 0 aliphatic heterocycles. The van der Waals surface area contributed by atoms with Gasteiger partial charge in [-0.15, -0.1) is 0 Å². The highest BCUT2D eigenvalue weighted by molar-refractivity contribution is 6.09. The maximum Gasteiger partial charge on any atom is 0.268 e. The normalized spacial score (nSPS) is 13.7. The van der Waals surface area contributed by atoms with Crippen molar-refractivity contribution >= 4 is 55.8 Å². The van der Waals surface area contributed by atoms with E-state index in [4.69, 9.17) is 6.57 Å². The average Bonchev–Trinajstić information content (AvgIpc) is 3.50. The van der Waals surface area contributed by atoms with Crippen molar-refractivity contribution in [3.8, 4) is 6.07 Å². The van der Waals surface area contributed by atoms with Crippen molar-refractivity contribution in [2.75, 3.05) is 0 Å². The molecule has 0 bridgehead atoms. The zero-order valence-corrected chi connectivity index (χ0v) is 24.0. The van der Waals surface area contributed by atoms with Gasteiger partial charge >= 0.3 is 0 Å². The highest BCUT2D eigenvalue weighted by Crippen LogP contribution is 2.32. The molecule has 0 fully saturated rings. The third-order valence-corrected chi connectivity index (χ3v) is 8.44. The first-order valence-corrected chi connectivity index (χ1v) is 14.3. The quantitative estimate of drug-likeness (QED) is 0.158. The highest BCUT2D eigenvalue weighted by Gasteiger charge is 2.12. The number of hydrogen-bond donors (Lipinski definition) is 0. The Hall–Kier alpha value is -5.84. The van der Waals surface area contributed by atoms with Gasteiger partial charge in [0, 0.05) is 57.7 Å². The molecule has 2 aromatic heterocycles. The van der Waals surface area contributed by atoms with Crippen LogP contribution < -0.4 is 0 Å². The number of rotatable bonds is 4. The molecule has 7 rings (SSSR count). The molecular formula is C39H28N4. The molecule has 4 nitrogen and oxygen atoms in total. The van der Waals surface area contributed by atoms with Gasteiger partial charge in [0.15, 0.2) is 0 Å². The Morgan fingerprint density at radius 2 is 1.14 bits per heavy atom. The first-order chi connectivity index (χ1) is 21.0. The second-order valence-corrected chi connectivity index (χ2v) is 11.0. The van der Waals surface area contributed by atoms with E-state index in [9.17, 15) is 5.26 Å². The molecule has 204 valence electrons. The van der Waals surface area contributed by atoms with Gasteiger partial charge in [0.2, 0.25) is 0 Å². The largest absolute Gasteiger partial charge is 0.344 e. The second kappa shape index (κ2) is 10.5. The van der Waals surface area contributed by atoms with Crippen LogP contribution in [-0.2, 0) is 14.1 Å². The number of allylic oxidation sites excluding steroid dienone is 8. The molecule has 0 atom stereocenters. The summed E-state index contributed by atoms with van der Waals surface area (Å²) < 4.78 is 4.46. The lowest BCUT2D eigenvalue weighted by Crippen LogP contribution is -1.95. The van der Waals surface area contributed by atoms with Gasteiger partial charge in [0.1, 0.15) is 0 Å². The number of nitrogens with zero attached hydrogens (tertiary/aromatic N) is 4. The molecule has 0 N–H and O–H groups in total. The van der Waals surface area contributed by atoms with E-state index in [2.05, 4.69) is 143 Å². The molecule has 0 saturated carbocycles.